The van der Waals surface area contributed by atoms with E-state index in [1.54, 1.807) is 0 Å². The molecule has 2 aromatic heterocycles. The highest BCUT2D eigenvalue weighted by molar-refractivity contribution is 6.30. The predicted molar refractivity (Wildman–Crippen MR) is 137 cm³/mol. The molecule has 10 heteroatoms. The minimum Gasteiger partial charge on any atom is -0.409 e. The first-order chi connectivity index (χ1) is 16.9. The Morgan fingerprint density at radius 3 is 2.71 bits per heavy atom. The van der Waals surface area contributed by atoms with Gasteiger partial charge in [0, 0.05) is 23.7 Å². The fraction of sp³-hybridized carbons (Fsp3) is 0.520. The molecule has 1 saturated carbocycles. The highest BCUT2D eigenvalue weighted by Crippen LogP contribution is 2.36. The monoisotopic (exact) mass is 497 g/mol. The summed E-state index contributed by atoms with van der Waals surface area (Å²) >= 11 is 6.35. The molecule has 3 heterocycles. The summed E-state index contributed by atoms with van der Waals surface area (Å²) in [6.45, 7) is 7.37. The van der Waals surface area contributed by atoms with Crippen LogP contribution in [0, 0.1) is 11.8 Å². The minimum atomic E-state index is -0.160. The summed E-state index contributed by atoms with van der Waals surface area (Å²) in [6, 6.07) is 7.73. The van der Waals surface area contributed by atoms with Gasteiger partial charge in [0.25, 0.3) is 0 Å². The highest BCUT2D eigenvalue weighted by Gasteiger charge is 2.30. The van der Waals surface area contributed by atoms with E-state index in [0.717, 1.165) is 36.0 Å². The van der Waals surface area contributed by atoms with Crippen molar-refractivity contribution in [3.05, 3.63) is 35.1 Å². The highest BCUT2D eigenvalue weighted by atomic mass is 35.5. The van der Waals surface area contributed by atoms with Crippen LogP contribution < -0.4 is 10.6 Å². The summed E-state index contributed by atoms with van der Waals surface area (Å²) in [5.74, 6) is 2.16. The second-order valence-electron chi connectivity index (χ2n) is 9.83. The van der Waals surface area contributed by atoms with E-state index < -0.39 is 0 Å². The van der Waals surface area contributed by atoms with Crippen LogP contribution in [0.4, 0.5) is 5.95 Å². The Hall–Kier alpha value is -2.91. The van der Waals surface area contributed by atoms with Crippen LogP contribution >= 0.6 is 11.6 Å². The number of nitrogens with two attached hydrogens (primary N) is 1. The van der Waals surface area contributed by atoms with Crippen LogP contribution in [-0.4, -0.2) is 56.4 Å². The van der Waals surface area contributed by atoms with E-state index in [2.05, 4.69) is 33.5 Å². The van der Waals surface area contributed by atoms with E-state index in [9.17, 15) is 5.21 Å². The molecule has 1 saturated heterocycles. The van der Waals surface area contributed by atoms with Gasteiger partial charge in [-0.3, -0.25) is 0 Å². The lowest BCUT2D eigenvalue weighted by Crippen LogP contribution is -2.45. The standard InChI is InChI=1S/C25H32ClN7O2/c1-15-6-8-17(9-7-15)13-33-21-20(18-4-3-5-19(26)12-18)28-24(22(27)31-34)29-23(21)30-25(33)32-10-11-35-14-16(32)2/h3-5,12,15-17,34H,6-11,13-14H2,1-2H3,(H2,27,31)/t15?,16-,17?/m0/s1. The number of fused-ring (bicyclic) bond motifs is 1. The zero-order chi connectivity index (χ0) is 24.5. The Labute approximate surface area is 210 Å². The van der Waals surface area contributed by atoms with Crippen molar-refractivity contribution in [1.82, 2.24) is 19.5 Å². The van der Waals surface area contributed by atoms with Crippen LogP contribution in [0.3, 0.4) is 0 Å². The zero-order valence-corrected chi connectivity index (χ0v) is 20.9. The van der Waals surface area contributed by atoms with Crippen molar-refractivity contribution < 1.29 is 9.94 Å². The molecule has 1 aliphatic carbocycles. The number of oxime groups is 1. The number of amidine groups is 1. The molecule has 35 heavy (non-hydrogen) atoms. The van der Waals surface area contributed by atoms with Crippen LogP contribution in [0.15, 0.2) is 29.4 Å². The number of nitrogens with zero attached hydrogens (tertiary/aromatic N) is 6. The Bertz CT molecular complexity index is 1240. The van der Waals surface area contributed by atoms with Gasteiger partial charge in [-0.25, -0.2) is 9.97 Å². The molecule has 1 aromatic carbocycles. The average Bonchev–Trinajstić information content (AvgIpc) is 3.22. The predicted octanol–water partition coefficient (Wildman–Crippen LogP) is 4.29. The van der Waals surface area contributed by atoms with Gasteiger partial charge < -0.3 is 25.1 Å². The summed E-state index contributed by atoms with van der Waals surface area (Å²) in [5, 5.41) is 13.1. The van der Waals surface area contributed by atoms with Gasteiger partial charge in [0.05, 0.1) is 19.3 Å². The summed E-state index contributed by atoms with van der Waals surface area (Å²) < 4.78 is 7.98. The van der Waals surface area contributed by atoms with Crippen molar-refractivity contribution in [1.29, 1.82) is 0 Å². The van der Waals surface area contributed by atoms with Crippen molar-refractivity contribution in [3.8, 4) is 11.3 Å². The minimum absolute atomic E-state index is 0.132. The molecule has 3 N–H and O–H groups in total. The summed E-state index contributed by atoms with van der Waals surface area (Å²) in [5.41, 5.74) is 8.79. The average molecular weight is 498 g/mol. The Kier molecular flexibility index (Phi) is 6.80. The number of aromatic nitrogens is 4. The number of ether oxygens (including phenoxy) is 1. The molecule has 0 radical (unpaired) electrons. The summed E-state index contributed by atoms with van der Waals surface area (Å²) in [4.78, 5) is 16.7. The molecular formula is C25H32ClN7O2. The molecule has 9 nitrogen and oxygen atoms in total. The van der Waals surface area contributed by atoms with Crippen molar-refractivity contribution in [2.75, 3.05) is 24.7 Å². The molecule has 2 aliphatic rings. The molecule has 5 rings (SSSR count). The van der Waals surface area contributed by atoms with Gasteiger partial charge in [0.1, 0.15) is 11.2 Å². The van der Waals surface area contributed by atoms with Gasteiger partial charge >= 0.3 is 0 Å². The van der Waals surface area contributed by atoms with Gasteiger partial charge in [0.15, 0.2) is 5.65 Å². The topological polar surface area (TPSA) is 115 Å². The van der Waals surface area contributed by atoms with Gasteiger partial charge in [-0.15, -0.1) is 0 Å². The van der Waals surface area contributed by atoms with Gasteiger partial charge in [-0.2, -0.15) is 4.98 Å². The molecule has 0 amide bonds. The third-order valence-corrected chi connectivity index (χ3v) is 7.45. The lowest BCUT2D eigenvalue weighted by Gasteiger charge is -2.35. The maximum absolute atomic E-state index is 9.32. The van der Waals surface area contributed by atoms with Crippen LogP contribution in [0.1, 0.15) is 45.4 Å². The largest absolute Gasteiger partial charge is 0.409 e. The third kappa shape index (κ3) is 4.79. The van der Waals surface area contributed by atoms with Gasteiger partial charge in [-0.05, 0) is 43.7 Å². The number of imidazole rings is 1. The van der Waals surface area contributed by atoms with E-state index in [1.165, 1.54) is 25.7 Å². The fourth-order valence-electron chi connectivity index (χ4n) is 5.21. The van der Waals surface area contributed by atoms with Gasteiger partial charge in [-0.1, -0.05) is 48.7 Å². The van der Waals surface area contributed by atoms with E-state index in [-0.39, 0.29) is 17.7 Å². The first kappa shape index (κ1) is 23.8. The van der Waals surface area contributed by atoms with Crippen molar-refractivity contribution in [2.24, 2.45) is 22.7 Å². The maximum Gasteiger partial charge on any atom is 0.208 e. The van der Waals surface area contributed by atoms with E-state index in [0.29, 0.717) is 35.5 Å². The Morgan fingerprint density at radius 2 is 2.00 bits per heavy atom. The van der Waals surface area contributed by atoms with Crippen LogP contribution in [0.25, 0.3) is 22.4 Å². The smallest absolute Gasteiger partial charge is 0.208 e. The molecule has 0 bridgehead atoms. The number of benzene rings is 1. The maximum atomic E-state index is 9.32. The first-order valence-electron chi connectivity index (χ1n) is 12.3. The van der Waals surface area contributed by atoms with Gasteiger partial charge in [0.2, 0.25) is 17.6 Å². The number of anilines is 1. The van der Waals surface area contributed by atoms with Crippen LogP contribution in [0.5, 0.6) is 0 Å². The molecule has 1 atom stereocenters. The number of halogens is 1. The van der Waals surface area contributed by atoms with Crippen molar-refractivity contribution in [2.45, 2.75) is 52.1 Å². The van der Waals surface area contributed by atoms with Crippen LogP contribution in [-0.2, 0) is 11.3 Å². The number of hydrogen-bond donors (Lipinski definition) is 2. The van der Waals surface area contributed by atoms with E-state index in [4.69, 9.17) is 32.0 Å². The second-order valence-corrected chi connectivity index (χ2v) is 10.3. The third-order valence-electron chi connectivity index (χ3n) is 7.22. The molecule has 3 aromatic rings. The quantitative estimate of drug-likeness (QED) is 0.234. The first-order valence-corrected chi connectivity index (χ1v) is 12.7. The number of hydrogen-bond acceptors (Lipinski definition) is 7. The SMILES string of the molecule is CC1CCC(Cn2c(N3CCOC[C@@H]3C)nc3nc(C(N)=NO)nc(-c4cccc(Cl)c4)c32)CC1. The van der Waals surface area contributed by atoms with Crippen molar-refractivity contribution in [3.63, 3.8) is 0 Å². The molecule has 186 valence electrons. The molecular weight excluding hydrogens is 466 g/mol. The van der Waals surface area contributed by atoms with Crippen LogP contribution in [0.2, 0.25) is 5.02 Å². The molecule has 0 spiro atoms. The Morgan fingerprint density at radius 1 is 1.20 bits per heavy atom. The Balaban J connectivity index is 1.73. The van der Waals surface area contributed by atoms with E-state index in [1.807, 2.05) is 24.3 Å². The molecule has 1 aliphatic heterocycles. The second kappa shape index (κ2) is 9.99. The van der Waals surface area contributed by atoms with Crippen molar-refractivity contribution >= 4 is 34.5 Å². The fourth-order valence-corrected chi connectivity index (χ4v) is 5.40. The molecule has 2 fully saturated rings. The lowest BCUT2D eigenvalue weighted by molar-refractivity contribution is 0.0976. The number of morpholine rings is 1. The lowest BCUT2D eigenvalue weighted by atomic mass is 9.83. The summed E-state index contributed by atoms with van der Waals surface area (Å²) in [7, 11) is 0. The summed E-state index contributed by atoms with van der Waals surface area (Å²) in [6.07, 6.45) is 4.86. The zero-order valence-electron chi connectivity index (χ0n) is 20.2. The number of rotatable bonds is 5. The molecule has 0 unspecified atom stereocenters. The normalized spacial score (nSPS) is 23.7. The van der Waals surface area contributed by atoms with E-state index >= 15 is 0 Å².